The van der Waals surface area contributed by atoms with Crippen molar-refractivity contribution in [3.8, 4) is 0 Å². The van der Waals surface area contributed by atoms with Crippen LogP contribution in [0.1, 0.15) is 17.7 Å². The Balaban J connectivity index is 1.69. The third-order valence-corrected chi connectivity index (χ3v) is 3.36. The summed E-state index contributed by atoms with van der Waals surface area (Å²) >= 11 is 0. The summed E-state index contributed by atoms with van der Waals surface area (Å²) in [6, 6.07) is 13.8. The normalized spacial score (nSPS) is 10.7. The highest BCUT2D eigenvalue weighted by molar-refractivity contribution is 5.94. The first-order valence-corrected chi connectivity index (χ1v) is 7.00. The van der Waals surface area contributed by atoms with Gasteiger partial charge in [-0.3, -0.25) is 4.79 Å². The number of amides is 1. The second-order valence-corrected chi connectivity index (χ2v) is 5.07. The van der Waals surface area contributed by atoms with Crippen molar-refractivity contribution in [2.45, 2.75) is 19.8 Å². The molecule has 0 fully saturated rings. The lowest BCUT2D eigenvalue weighted by molar-refractivity contribution is -0.116. The number of imidazole rings is 1. The Morgan fingerprint density at radius 3 is 2.81 bits per heavy atom. The number of hydrogen-bond acceptors (Lipinski definition) is 2. The first kappa shape index (κ1) is 13.4. The van der Waals surface area contributed by atoms with Crippen molar-refractivity contribution in [1.29, 1.82) is 0 Å². The van der Waals surface area contributed by atoms with E-state index in [-0.39, 0.29) is 5.91 Å². The Morgan fingerprint density at radius 1 is 1.19 bits per heavy atom. The number of aryl methyl sites for hydroxylation is 2. The van der Waals surface area contributed by atoms with E-state index < -0.39 is 0 Å². The van der Waals surface area contributed by atoms with E-state index in [9.17, 15) is 4.79 Å². The Hall–Kier alpha value is -2.62. The minimum absolute atomic E-state index is 0.00704. The lowest BCUT2D eigenvalue weighted by Gasteiger charge is -2.06. The lowest BCUT2D eigenvalue weighted by Crippen LogP contribution is -2.13. The summed E-state index contributed by atoms with van der Waals surface area (Å²) in [5.74, 6) is 0.00704. The Labute approximate surface area is 123 Å². The van der Waals surface area contributed by atoms with Gasteiger partial charge in [0.05, 0.1) is 11.4 Å². The number of hydrogen-bond donors (Lipinski definition) is 1. The van der Waals surface area contributed by atoms with Crippen molar-refractivity contribution < 1.29 is 4.79 Å². The molecule has 0 saturated carbocycles. The first-order chi connectivity index (χ1) is 10.2. The summed E-state index contributed by atoms with van der Waals surface area (Å²) in [7, 11) is 0. The molecule has 0 spiro atoms. The van der Waals surface area contributed by atoms with Crippen molar-refractivity contribution in [3.63, 3.8) is 0 Å². The van der Waals surface area contributed by atoms with Crippen molar-refractivity contribution in [3.05, 3.63) is 66.1 Å². The summed E-state index contributed by atoms with van der Waals surface area (Å²) in [4.78, 5) is 16.5. The zero-order valence-corrected chi connectivity index (χ0v) is 11.9. The van der Waals surface area contributed by atoms with Gasteiger partial charge in [-0.25, -0.2) is 4.98 Å². The molecule has 2 heterocycles. The molecule has 0 bridgehead atoms. The molecule has 21 heavy (non-hydrogen) atoms. The summed E-state index contributed by atoms with van der Waals surface area (Å²) in [6.07, 6.45) is 5.07. The molecule has 0 aliphatic rings. The van der Waals surface area contributed by atoms with E-state index in [1.807, 2.05) is 66.2 Å². The van der Waals surface area contributed by atoms with E-state index in [1.54, 1.807) is 0 Å². The van der Waals surface area contributed by atoms with E-state index in [1.165, 1.54) is 5.56 Å². The molecule has 106 valence electrons. The van der Waals surface area contributed by atoms with Gasteiger partial charge >= 0.3 is 0 Å². The van der Waals surface area contributed by atoms with E-state index in [0.717, 1.165) is 23.4 Å². The van der Waals surface area contributed by atoms with E-state index in [0.29, 0.717) is 6.42 Å². The van der Waals surface area contributed by atoms with Crippen LogP contribution in [0.3, 0.4) is 0 Å². The molecule has 0 saturated heterocycles. The molecule has 1 aromatic carbocycles. The number of aromatic nitrogens is 2. The zero-order valence-electron chi connectivity index (χ0n) is 11.9. The lowest BCUT2D eigenvalue weighted by atomic mass is 10.1. The molecule has 0 radical (unpaired) electrons. The topological polar surface area (TPSA) is 46.4 Å². The van der Waals surface area contributed by atoms with Gasteiger partial charge in [0.2, 0.25) is 5.91 Å². The SMILES string of the molecule is Cc1cn2cccc(NC(=O)CCc3ccccc3)c2n1. The molecule has 3 aromatic rings. The maximum absolute atomic E-state index is 12.1. The van der Waals surface area contributed by atoms with Gasteiger partial charge in [-0.05, 0) is 31.0 Å². The largest absolute Gasteiger partial charge is 0.323 e. The van der Waals surface area contributed by atoms with Crippen LogP contribution in [0.25, 0.3) is 5.65 Å². The number of pyridine rings is 1. The molecule has 1 amide bonds. The standard InChI is InChI=1S/C17H17N3O/c1-13-12-20-11-5-8-15(17(20)18-13)19-16(21)10-9-14-6-3-2-4-7-14/h2-8,11-12H,9-10H2,1H3,(H,19,21). The van der Waals surface area contributed by atoms with Crippen LogP contribution in [0.2, 0.25) is 0 Å². The quantitative estimate of drug-likeness (QED) is 0.797. The van der Waals surface area contributed by atoms with Crippen LogP contribution in [0.15, 0.2) is 54.9 Å². The predicted octanol–water partition coefficient (Wildman–Crippen LogP) is 3.21. The maximum atomic E-state index is 12.1. The van der Waals surface area contributed by atoms with Gasteiger partial charge < -0.3 is 9.72 Å². The molecule has 2 aromatic heterocycles. The summed E-state index contributed by atoms with van der Waals surface area (Å²) < 4.78 is 1.92. The highest BCUT2D eigenvalue weighted by atomic mass is 16.1. The molecule has 0 aliphatic heterocycles. The van der Waals surface area contributed by atoms with Crippen LogP contribution in [0, 0.1) is 6.92 Å². The highest BCUT2D eigenvalue weighted by Gasteiger charge is 2.08. The van der Waals surface area contributed by atoms with Crippen molar-refractivity contribution in [2.75, 3.05) is 5.32 Å². The van der Waals surface area contributed by atoms with Gasteiger partial charge in [0.1, 0.15) is 0 Å². The third kappa shape index (κ3) is 3.11. The highest BCUT2D eigenvalue weighted by Crippen LogP contribution is 2.16. The van der Waals surface area contributed by atoms with Crippen LogP contribution >= 0.6 is 0 Å². The van der Waals surface area contributed by atoms with Gasteiger partial charge in [-0.1, -0.05) is 30.3 Å². The number of anilines is 1. The van der Waals surface area contributed by atoms with Crippen LogP contribution < -0.4 is 5.32 Å². The number of nitrogens with one attached hydrogen (secondary N) is 1. The molecule has 0 unspecified atom stereocenters. The Kier molecular flexibility index (Phi) is 3.69. The molecule has 0 atom stereocenters. The maximum Gasteiger partial charge on any atom is 0.224 e. The number of carbonyl (C=O) groups is 1. The smallest absolute Gasteiger partial charge is 0.224 e. The van der Waals surface area contributed by atoms with Crippen LogP contribution in [-0.2, 0) is 11.2 Å². The number of rotatable bonds is 4. The van der Waals surface area contributed by atoms with Crippen LogP contribution in [-0.4, -0.2) is 15.3 Å². The van der Waals surface area contributed by atoms with Gasteiger partial charge in [0, 0.05) is 18.8 Å². The van der Waals surface area contributed by atoms with Gasteiger partial charge in [0.25, 0.3) is 0 Å². The fourth-order valence-electron chi connectivity index (χ4n) is 2.35. The monoisotopic (exact) mass is 279 g/mol. The second kappa shape index (κ2) is 5.79. The second-order valence-electron chi connectivity index (χ2n) is 5.07. The summed E-state index contributed by atoms with van der Waals surface area (Å²) in [5.41, 5.74) is 3.63. The molecular formula is C17H17N3O. The average Bonchev–Trinajstić information content (AvgIpc) is 2.88. The third-order valence-electron chi connectivity index (χ3n) is 3.36. The fourth-order valence-corrected chi connectivity index (χ4v) is 2.35. The number of benzene rings is 1. The molecule has 0 aliphatic carbocycles. The predicted molar refractivity (Wildman–Crippen MR) is 83.3 cm³/mol. The van der Waals surface area contributed by atoms with Crippen molar-refractivity contribution >= 4 is 17.2 Å². The van der Waals surface area contributed by atoms with E-state index in [4.69, 9.17) is 0 Å². The van der Waals surface area contributed by atoms with Gasteiger partial charge in [-0.15, -0.1) is 0 Å². The molecule has 4 heteroatoms. The van der Waals surface area contributed by atoms with E-state index in [2.05, 4.69) is 10.3 Å². The molecular weight excluding hydrogens is 262 g/mol. The first-order valence-electron chi connectivity index (χ1n) is 7.00. The number of carbonyl (C=O) groups excluding carboxylic acids is 1. The van der Waals surface area contributed by atoms with Crippen LogP contribution in [0.4, 0.5) is 5.69 Å². The molecule has 4 nitrogen and oxygen atoms in total. The number of fused-ring (bicyclic) bond motifs is 1. The van der Waals surface area contributed by atoms with Crippen LogP contribution in [0.5, 0.6) is 0 Å². The van der Waals surface area contributed by atoms with Gasteiger partial charge in [-0.2, -0.15) is 0 Å². The van der Waals surface area contributed by atoms with Crippen molar-refractivity contribution in [2.24, 2.45) is 0 Å². The zero-order chi connectivity index (χ0) is 14.7. The summed E-state index contributed by atoms with van der Waals surface area (Å²) in [6.45, 7) is 1.94. The Bertz CT molecular complexity index is 762. The van der Waals surface area contributed by atoms with Gasteiger partial charge in [0.15, 0.2) is 5.65 Å². The molecule has 1 N–H and O–H groups in total. The molecule has 3 rings (SSSR count). The van der Waals surface area contributed by atoms with Crippen molar-refractivity contribution in [1.82, 2.24) is 9.38 Å². The fraction of sp³-hybridized carbons (Fsp3) is 0.176. The number of nitrogens with zero attached hydrogens (tertiary/aromatic N) is 2. The average molecular weight is 279 g/mol. The Morgan fingerprint density at radius 2 is 2.00 bits per heavy atom. The summed E-state index contributed by atoms with van der Waals surface area (Å²) in [5, 5.41) is 2.95. The minimum Gasteiger partial charge on any atom is -0.323 e. The minimum atomic E-state index is 0.00704. The van der Waals surface area contributed by atoms with E-state index >= 15 is 0 Å².